The molecule has 1 aliphatic carbocycles. The number of hydrogen-bond acceptors (Lipinski definition) is 6. The zero-order valence-electron chi connectivity index (χ0n) is 15.5. The number of halogens is 2. The second kappa shape index (κ2) is 9.72. The highest BCUT2D eigenvalue weighted by atomic mass is 19.3. The molecule has 2 aromatic rings. The van der Waals surface area contributed by atoms with Gasteiger partial charge in [-0.3, -0.25) is 9.78 Å². The zero-order valence-corrected chi connectivity index (χ0v) is 15.5. The topological polar surface area (TPSA) is 101 Å². The van der Waals surface area contributed by atoms with Gasteiger partial charge in [-0.25, -0.2) is 0 Å². The molecular formula is C19H22F2N2O5. The summed E-state index contributed by atoms with van der Waals surface area (Å²) in [6, 6.07) is 3.74. The van der Waals surface area contributed by atoms with Gasteiger partial charge in [-0.15, -0.1) is 0 Å². The molecule has 0 aliphatic heterocycles. The fourth-order valence-corrected chi connectivity index (χ4v) is 2.20. The zero-order chi connectivity index (χ0) is 20.7. The highest BCUT2D eigenvalue weighted by Gasteiger charge is 2.23. The standard InChI is InChI=1S/C17H16F2N2O5.C2H6/c18-17(19)26-13-4-3-10(5-14(13)25-8-9-1-2-9)16(24)21-15-11(22)6-20-7-12(15)23;1-2/h3-7,9,17,22-23H,1-2,8H2,(H,20,21,24);1-2H3. The first-order valence-corrected chi connectivity index (χ1v) is 8.83. The van der Waals surface area contributed by atoms with E-state index in [4.69, 9.17) is 4.74 Å². The highest BCUT2D eigenvalue weighted by Crippen LogP contribution is 2.35. The Labute approximate surface area is 160 Å². The van der Waals surface area contributed by atoms with Crippen LogP contribution in [0.1, 0.15) is 37.0 Å². The van der Waals surface area contributed by atoms with Crippen molar-refractivity contribution in [2.24, 2.45) is 5.92 Å². The minimum absolute atomic E-state index is 0.0213. The monoisotopic (exact) mass is 396 g/mol. The van der Waals surface area contributed by atoms with Crippen LogP contribution in [0.5, 0.6) is 23.0 Å². The molecule has 1 heterocycles. The SMILES string of the molecule is CC.O=C(Nc1c(O)cncc1O)c1ccc(OC(F)F)c(OCC2CC2)c1. The van der Waals surface area contributed by atoms with Gasteiger partial charge in [0.15, 0.2) is 23.0 Å². The van der Waals surface area contributed by atoms with Crippen LogP contribution in [0.4, 0.5) is 14.5 Å². The van der Waals surface area contributed by atoms with Crippen molar-refractivity contribution in [1.29, 1.82) is 0 Å². The quantitative estimate of drug-likeness (QED) is 0.650. The summed E-state index contributed by atoms with van der Waals surface area (Å²) < 4.78 is 35.0. The van der Waals surface area contributed by atoms with Gasteiger partial charge < -0.3 is 25.0 Å². The molecule has 0 atom stereocenters. The molecule has 152 valence electrons. The van der Waals surface area contributed by atoms with E-state index in [1.165, 1.54) is 18.2 Å². The third-order valence-electron chi connectivity index (χ3n) is 3.74. The summed E-state index contributed by atoms with van der Waals surface area (Å²) in [6.45, 7) is 1.32. The molecule has 0 radical (unpaired) electrons. The molecule has 0 bridgehead atoms. The molecule has 28 heavy (non-hydrogen) atoms. The van der Waals surface area contributed by atoms with E-state index in [1.807, 2.05) is 13.8 Å². The number of anilines is 1. The second-order valence-corrected chi connectivity index (χ2v) is 5.80. The first-order valence-electron chi connectivity index (χ1n) is 8.83. The number of aromatic nitrogens is 1. The highest BCUT2D eigenvalue weighted by molar-refractivity contribution is 6.06. The number of amides is 1. The molecule has 3 N–H and O–H groups in total. The third kappa shape index (κ3) is 5.70. The van der Waals surface area contributed by atoms with E-state index in [2.05, 4.69) is 15.0 Å². The van der Waals surface area contributed by atoms with Crippen molar-refractivity contribution in [2.75, 3.05) is 11.9 Å². The van der Waals surface area contributed by atoms with Crippen LogP contribution in [0.2, 0.25) is 0 Å². The Hall–Kier alpha value is -3.10. The van der Waals surface area contributed by atoms with Gasteiger partial charge in [-0.05, 0) is 37.0 Å². The Kier molecular flexibility index (Phi) is 7.36. The maximum Gasteiger partial charge on any atom is 0.387 e. The minimum atomic E-state index is -3.02. The summed E-state index contributed by atoms with van der Waals surface area (Å²) in [5, 5.41) is 21.7. The molecule has 1 amide bonds. The van der Waals surface area contributed by atoms with E-state index in [0.29, 0.717) is 12.5 Å². The molecule has 1 aromatic heterocycles. The fraction of sp³-hybridized carbons (Fsp3) is 0.368. The number of nitrogens with one attached hydrogen (secondary N) is 1. The van der Waals surface area contributed by atoms with Crippen LogP contribution in [0.25, 0.3) is 0 Å². The van der Waals surface area contributed by atoms with Gasteiger partial charge in [0.25, 0.3) is 5.91 Å². The Morgan fingerprint density at radius 1 is 1.21 bits per heavy atom. The van der Waals surface area contributed by atoms with Gasteiger partial charge in [0.1, 0.15) is 5.69 Å². The first kappa shape index (κ1) is 21.2. The van der Waals surface area contributed by atoms with Crippen molar-refractivity contribution < 1.29 is 33.3 Å². The minimum Gasteiger partial charge on any atom is -0.504 e. The van der Waals surface area contributed by atoms with E-state index in [-0.39, 0.29) is 22.7 Å². The van der Waals surface area contributed by atoms with Crippen LogP contribution < -0.4 is 14.8 Å². The predicted molar refractivity (Wildman–Crippen MR) is 98.2 cm³/mol. The first-order chi connectivity index (χ1) is 13.4. The van der Waals surface area contributed by atoms with Gasteiger partial charge in [-0.2, -0.15) is 8.78 Å². The number of alkyl halides is 2. The van der Waals surface area contributed by atoms with Crippen LogP contribution in [0.15, 0.2) is 30.6 Å². The molecule has 0 saturated heterocycles. The van der Waals surface area contributed by atoms with Gasteiger partial charge >= 0.3 is 6.61 Å². The van der Waals surface area contributed by atoms with Gasteiger partial charge in [0, 0.05) is 5.56 Å². The summed E-state index contributed by atoms with van der Waals surface area (Å²) in [4.78, 5) is 15.9. The molecule has 0 spiro atoms. The van der Waals surface area contributed by atoms with Gasteiger partial charge in [0.05, 0.1) is 19.0 Å². The molecule has 0 unspecified atom stereocenters. The fourth-order valence-electron chi connectivity index (χ4n) is 2.20. The number of ether oxygens (including phenoxy) is 2. The number of benzene rings is 1. The van der Waals surface area contributed by atoms with E-state index in [1.54, 1.807) is 0 Å². The lowest BCUT2D eigenvalue weighted by atomic mass is 10.1. The number of hydrogen-bond donors (Lipinski definition) is 3. The largest absolute Gasteiger partial charge is 0.504 e. The predicted octanol–water partition coefficient (Wildman–Crippen LogP) is 4.16. The molecule has 1 fully saturated rings. The summed E-state index contributed by atoms with van der Waals surface area (Å²) in [5.41, 5.74) is -0.133. The average Bonchev–Trinajstić information content (AvgIpc) is 3.49. The van der Waals surface area contributed by atoms with Crippen LogP contribution in [0, 0.1) is 5.92 Å². The summed E-state index contributed by atoms with van der Waals surface area (Å²) in [5.74, 6) is -1.29. The third-order valence-corrected chi connectivity index (χ3v) is 3.74. The van der Waals surface area contributed by atoms with E-state index in [0.717, 1.165) is 25.2 Å². The van der Waals surface area contributed by atoms with E-state index < -0.39 is 24.0 Å². The van der Waals surface area contributed by atoms with Gasteiger partial charge in [-0.1, -0.05) is 13.8 Å². The summed E-state index contributed by atoms with van der Waals surface area (Å²) >= 11 is 0. The van der Waals surface area contributed by atoms with Gasteiger partial charge in [0.2, 0.25) is 0 Å². The Bertz CT molecular complexity index is 793. The number of aromatic hydroxyl groups is 2. The lowest BCUT2D eigenvalue weighted by Gasteiger charge is -2.14. The Balaban J connectivity index is 0.00000136. The molecule has 1 saturated carbocycles. The van der Waals surface area contributed by atoms with Crippen molar-refractivity contribution in [2.45, 2.75) is 33.3 Å². The summed E-state index contributed by atoms with van der Waals surface area (Å²) in [7, 11) is 0. The van der Waals surface area contributed by atoms with Crippen LogP contribution in [-0.4, -0.2) is 34.3 Å². The molecule has 1 aromatic carbocycles. The molecule has 7 nitrogen and oxygen atoms in total. The van der Waals surface area contributed by atoms with Crippen molar-refractivity contribution >= 4 is 11.6 Å². The average molecular weight is 396 g/mol. The van der Waals surface area contributed by atoms with Crippen molar-refractivity contribution in [1.82, 2.24) is 4.98 Å². The Morgan fingerprint density at radius 2 is 1.86 bits per heavy atom. The van der Waals surface area contributed by atoms with Crippen LogP contribution >= 0.6 is 0 Å². The lowest BCUT2D eigenvalue weighted by molar-refractivity contribution is -0.0515. The number of carbonyl (C=O) groups is 1. The van der Waals surface area contributed by atoms with E-state index >= 15 is 0 Å². The second-order valence-electron chi connectivity index (χ2n) is 5.80. The molecule has 1 aliphatic rings. The van der Waals surface area contributed by atoms with Crippen LogP contribution in [0.3, 0.4) is 0 Å². The van der Waals surface area contributed by atoms with Crippen molar-refractivity contribution in [3.05, 3.63) is 36.2 Å². The molecule has 9 heteroatoms. The number of carbonyl (C=O) groups excluding carboxylic acids is 1. The Morgan fingerprint density at radius 3 is 2.43 bits per heavy atom. The van der Waals surface area contributed by atoms with Crippen molar-refractivity contribution in [3.63, 3.8) is 0 Å². The lowest BCUT2D eigenvalue weighted by Crippen LogP contribution is -2.13. The smallest absolute Gasteiger partial charge is 0.387 e. The molecular weight excluding hydrogens is 374 g/mol. The van der Waals surface area contributed by atoms with Crippen molar-refractivity contribution in [3.8, 4) is 23.0 Å². The normalized spacial score (nSPS) is 12.8. The number of rotatable bonds is 7. The van der Waals surface area contributed by atoms with Crippen LogP contribution in [-0.2, 0) is 0 Å². The van der Waals surface area contributed by atoms with E-state index in [9.17, 15) is 23.8 Å². The number of nitrogens with zero attached hydrogens (tertiary/aromatic N) is 1. The summed E-state index contributed by atoms with van der Waals surface area (Å²) in [6.07, 6.45) is 4.12. The maximum atomic E-state index is 12.5. The maximum absolute atomic E-state index is 12.5. The number of pyridine rings is 1. The molecule has 3 rings (SSSR count).